The second-order valence-electron chi connectivity index (χ2n) is 7.86. The van der Waals surface area contributed by atoms with Gasteiger partial charge < -0.3 is 15.4 Å². The number of morpholine rings is 1. The largest absolute Gasteiger partial charge is 0.379 e. The van der Waals surface area contributed by atoms with Gasteiger partial charge in [0.2, 0.25) is 0 Å². The quantitative estimate of drug-likeness (QED) is 0.353. The Kier molecular flexibility index (Phi) is 12.3. The van der Waals surface area contributed by atoms with E-state index < -0.39 is 0 Å². The van der Waals surface area contributed by atoms with E-state index in [2.05, 4.69) is 57.1 Å². The fourth-order valence-electron chi connectivity index (χ4n) is 2.63. The van der Waals surface area contributed by atoms with Crippen molar-refractivity contribution in [2.45, 2.75) is 66.5 Å². The van der Waals surface area contributed by atoms with E-state index in [0.717, 1.165) is 51.8 Å². The van der Waals surface area contributed by atoms with Crippen LogP contribution in [0.2, 0.25) is 0 Å². The van der Waals surface area contributed by atoms with Gasteiger partial charge in [-0.1, -0.05) is 20.8 Å². The second kappa shape index (κ2) is 12.3. The molecule has 2 N–H and O–H groups in total. The summed E-state index contributed by atoms with van der Waals surface area (Å²) in [5, 5.41) is 6.91. The van der Waals surface area contributed by atoms with E-state index in [-0.39, 0.29) is 24.0 Å². The van der Waals surface area contributed by atoms with Gasteiger partial charge in [-0.05, 0) is 39.0 Å². The molecular formula is C18H39IN4O. The zero-order valence-electron chi connectivity index (χ0n) is 16.5. The molecule has 0 amide bonds. The number of nitrogens with one attached hydrogen (secondary N) is 2. The SMILES string of the molecule is CCNC(=NCC(C)N1CCOCC1)NC(C)CCC(C)(C)C.I. The lowest BCUT2D eigenvalue weighted by molar-refractivity contribution is 0.0220. The molecule has 0 aromatic carbocycles. The van der Waals surface area contributed by atoms with Crippen LogP contribution in [0.15, 0.2) is 4.99 Å². The lowest BCUT2D eigenvalue weighted by Crippen LogP contribution is -2.45. The van der Waals surface area contributed by atoms with Gasteiger partial charge in [-0.15, -0.1) is 24.0 Å². The van der Waals surface area contributed by atoms with Gasteiger partial charge in [0, 0.05) is 31.7 Å². The molecule has 1 aliphatic heterocycles. The summed E-state index contributed by atoms with van der Waals surface area (Å²) < 4.78 is 5.42. The molecule has 0 saturated carbocycles. The predicted octanol–water partition coefficient (Wildman–Crippen LogP) is 3.10. The van der Waals surface area contributed by atoms with Gasteiger partial charge in [-0.3, -0.25) is 9.89 Å². The van der Waals surface area contributed by atoms with Crippen LogP contribution in [0.25, 0.3) is 0 Å². The summed E-state index contributed by atoms with van der Waals surface area (Å²) in [5.41, 5.74) is 0.385. The highest BCUT2D eigenvalue weighted by molar-refractivity contribution is 14.0. The molecule has 0 radical (unpaired) electrons. The molecule has 24 heavy (non-hydrogen) atoms. The van der Waals surface area contributed by atoms with Gasteiger partial charge in [0.1, 0.15) is 0 Å². The molecule has 0 aliphatic carbocycles. The molecule has 144 valence electrons. The minimum absolute atomic E-state index is 0. The molecule has 1 heterocycles. The molecule has 0 aromatic rings. The highest BCUT2D eigenvalue weighted by Gasteiger charge is 2.17. The molecule has 2 unspecified atom stereocenters. The summed E-state index contributed by atoms with van der Waals surface area (Å²) in [6, 6.07) is 0.893. The minimum atomic E-state index is 0. The number of guanidine groups is 1. The molecule has 1 fully saturated rings. The molecule has 0 aromatic heterocycles. The Morgan fingerprint density at radius 3 is 2.38 bits per heavy atom. The summed E-state index contributed by atoms with van der Waals surface area (Å²) in [6.07, 6.45) is 2.37. The van der Waals surface area contributed by atoms with Crippen LogP contribution >= 0.6 is 24.0 Å². The molecule has 0 bridgehead atoms. The lowest BCUT2D eigenvalue weighted by Gasteiger charge is -2.31. The van der Waals surface area contributed by atoms with E-state index >= 15 is 0 Å². The topological polar surface area (TPSA) is 48.9 Å². The molecule has 6 heteroatoms. The van der Waals surface area contributed by atoms with Gasteiger partial charge in [0.05, 0.1) is 19.8 Å². The Morgan fingerprint density at radius 2 is 1.83 bits per heavy atom. The maximum absolute atomic E-state index is 5.42. The highest BCUT2D eigenvalue weighted by atomic mass is 127. The number of nitrogens with zero attached hydrogens (tertiary/aromatic N) is 2. The Hall–Kier alpha value is -0.0800. The second-order valence-corrected chi connectivity index (χ2v) is 7.86. The van der Waals surface area contributed by atoms with Crippen LogP contribution in [0.1, 0.15) is 54.4 Å². The van der Waals surface area contributed by atoms with Crippen LogP contribution in [0.4, 0.5) is 0 Å². The molecule has 1 saturated heterocycles. The first-order valence-corrected chi connectivity index (χ1v) is 9.18. The number of hydrogen-bond acceptors (Lipinski definition) is 3. The highest BCUT2D eigenvalue weighted by Crippen LogP contribution is 2.21. The van der Waals surface area contributed by atoms with Crippen LogP contribution in [0.3, 0.4) is 0 Å². The van der Waals surface area contributed by atoms with E-state index in [1.54, 1.807) is 0 Å². The van der Waals surface area contributed by atoms with E-state index in [4.69, 9.17) is 9.73 Å². The summed E-state index contributed by atoms with van der Waals surface area (Å²) >= 11 is 0. The maximum atomic E-state index is 5.42. The zero-order valence-corrected chi connectivity index (χ0v) is 18.9. The average molecular weight is 454 g/mol. The maximum Gasteiger partial charge on any atom is 0.191 e. The third-order valence-electron chi connectivity index (χ3n) is 4.24. The van der Waals surface area contributed by atoms with E-state index in [0.29, 0.717) is 17.5 Å². The van der Waals surface area contributed by atoms with Crippen molar-refractivity contribution >= 4 is 29.9 Å². The summed E-state index contributed by atoms with van der Waals surface area (Å²) in [7, 11) is 0. The van der Waals surface area contributed by atoms with E-state index in [1.165, 1.54) is 6.42 Å². The van der Waals surface area contributed by atoms with Crippen molar-refractivity contribution in [1.82, 2.24) is 15.5 Å². The third-order valence-corrected chi connectivity index (χ3v) is 4.24. The molecule has 0 spiro atoms. The van der Waals surface area contributed by atoms with Crippen molar-refractivity contribution in [3.05, 3.63) is 0 Å². The van der Waals surface area contributed by atoms with Gasteiger partial charge in [-0.2, -0.15) is 0 Å². The number of ether oxygens (including phenoxy) is 1. The number of halogens is 1. The average Bonchev–Trinajstić information content (AvgIpc) is 2.51. The smallest absolute Gasteiger partial charge is 0.191 e. The lowest BCUT2D eigenvalue weighted by atomic mass is 9.89. The summed E-state index contributed by atoms with van der Waals surface area (Å²) in [6.45, 7) is 18.9. The van der Waals surface area contributed by atoms with Crippen LogP contribution in [-0.4, -0.2) is 62.3 Å². The van der Waals surface area contributed by atoms with Crippen molar-refractivity contribution in [3.63, 3.8) is 0 Å². The van der Waals surface area contributed by atoms with Gasteiger partial charge in [0.15, 0.2) is 5.96 Å². The number of rotatable bonds is 7. The molecule has 5 nitrogen and oxygen atoms in total. The standard InChI is InChI=1S/C18H38N4O.HI/c1-7-19-17(21-15(2)8-9-18(4,5)6)20-14-16(3)22-10-12-23-13-11-22;/h15-16H,7-14H2,1-6H3,(H2,19,20,21);1H. The van der Waals surface area contributed by atoms with Crippen LogP contribution in [0.5, 0.6) is 0 Å². The van der Waals surface area contributed by atoms with Crippen molar-refractivity contribution in [2.75, 3.05) is 39.4 Å². The van der Waals surface area contributed by atoms with Crippen LogP contribution in [0, 0.1) is 5.41 Å². The first-order chi connectivity index (χ1) is 10.8. The Bertz CT molecular complexity index is 351. The number of hydrogen-bond donors (Lipinski definition) is 2. The zero-order chi connectivity index (χ0) is 17.3. The van der Waals surface area contributed by atoms with Crippen LogP contribution in [-0.2, 0) is 4.74 Å². The monoisotopic (exact) mass is 454 g/mol. The van der Waals surface area contributed by atoms with Crippen molar-refractivity contribution in [2.24, 2.45) is 10.4 Å². The summed E-state index contributed by atoms with van der Waals surface area (Å²) in [5.74, 6) is 0.939. The molecule has 1 rings (SSSR count). The summed E-state index contributed by atoms with van der Waals surface area (Å²) in [4.78, 5) is 7.24. The Morgan fingerprint density at radius 1 is 1.21 bits per heavy atom. The fraction of sp³-hybridized carbons (Fsp3) is 0.944. The minimum Gasteiger partial charge on any atom is -0.379 e. The normalized spacial score (nSPS) is 19.3. The molecule has 1 aliphatic rings. The fourth-order valence-corrected chi connectivity index (χ4v) is 2.63. The van der Waals surface area contributed by atoms with Crippen molar-refractivity contribution in [1.29, 1.82) is 0 Å². The van der Waals surface area contributed by atoms with Crippen molar-refractivity contribution < 1.29 is 4.74 Å². The third kappa shape index (κ3) is 10.7. The Labute approximate surface area is 166 Å². The predicted molar refractivity (Wildman–Crippen MR) is 115 cm³/mol. The van der Waals surface area contributed by atoms with Gasteiger partial charge in [-0.25, -0.2) is 0 Å². The van der Waals surface area contributed by atoms with Gasteiger partial charge >= 0.3 is 0 Å². The first kappa shape index (κ1) is 23.9. The van der Waals surface area contributed by atoms with Gasteiger partial charge in [0.25, 0.3) is 0 Å². The van der Waals surface area contributed by atoms with Crippen molar-refractivity contribution in [3.8, 4) is 0 Å². The first-order valence-electron chi connectivity index (χ1n) is 9.18. The van der Waals surface area contributed by atoms with E-state index in [9.17, 15) is 0 Å². The van der Waals surface area contributed by atoms with Crippen LogP contribution < -0.4 is 10.6 Å². The van der Waals surface area contributed by atoms with E-state index in [1.807, 2.05) is 0 Å². The molecular weight excluding hydrogens is 415 g/mol. The molecule has 2 atom stereocenters. The number of aliphatic imine (C=N–C) groups is 1. The Balaban J connectivity index is 0.00000529.